The number of halogens is 5. The van der Waals surface area contributed by atoms with Gasteiger partial charge in [0.25, 0.3) is 0 Å². The molecule has 6 heterocycles. The number of alkyl halides is 3. The summed E-state index contributed by atoms with van der Waals surface area (Å²) in [5.74, 6) is 1.75. The monoisotopic (exact) mass is 1720 g/mol. The van der Waals surface area contributed by atoms with Crippen molar-refractivity contribution in [2.75, 3.05) is 143 Å². The van der Waals surface area contributed by atoms with Gasteiger partial charge in [-0.05, 0) is 146 Å². The van der Waals surface area contributed by atoms with E-state index in [4.69, 9.17) is 51.6 Å². The highest BCUT2D eigenvalue weighted by molar-refractivity contribution is 7.91. The molecular formula is C83H91Cl2F3N18O14S. The van der Waals surface area contributed by atoms with Gasteiger partial charge in [0.05, 0.1) is 55.2 Å². The Morgan fingerprint density at radius 3 is 1.22 bits per heavy atom. The van der Waals surface area contributed by atoms with Crippen LogP contribution in [-0.2, 0) is 33.7 Å². The van der Waals surface area contributed by atoms with Crippen molar-refractivity contribution >= 4 is 143 Å². The van der Waals surface area contributed by atoms with Crippen LogP contribution in [0.15, 0.2) is 184 Å². The van der Waals surface area contributed by atoms with Crippen LogP contribution in [0.1, 0.15) is 47.1 Å². The van der Waals surface area contributed by atoms with E-state index < -0.39 is 45.2 Å². The lowest BCUT2D eigenvalue weighted by Crippen LogP contribution is -2.50. The molecule has 5 amide bonds. The molecule has 6 aromatic carbocycles. The number of hydrogen-bond donors (Lipinski definition) is 7. The minimum absolute atomic E-state index is 0.0312. The molecule has 0 spiro atoms. The van der Waals surface area contributed by atoms with E-state index >= 15 is 0 Å². The van der Waals surface area contributed by atoms with Crippen molar-refractivity contribution in [2.24, 2.45) is 0 Å². The second-order valence-corrected chi connectivity index (χ2v) is 32.0. The van der Waals surface area contributed by atoms with Crippen molar-refractivity contribution in [1.82, 2.24) is 39.7 Å². The van der Waals surface area contributed by atoms with Crippen LogP contribution in [0.4, 0.5) is 103 Å². The summed E-state index contributed by atoms with van der Waals surface area (Å²) in [6.07, 6.45) is 2.14. The number of benzene rings is 6. The normalized spacial score (nSPS) is 13.8. The topological polar surface area (TPSA) is 362 Å². The molecule has 0 saturated carbocycles. The zero-order valence-electron chi connectivity index (χ0n) is 67.6. The zero-order chi connectivity index (χ0) is 87.3. The highest BCUT2D eigenvalue weighted by Crippen LogP contribution is 2.40. The average Bonchev–Trinajstić information content (AvgIpc) is 0.814. The number of anilines is 14. The summed E-state index contributed by atoms with van der Waals surface area (Å²) >= 11 is 12.5. The van der Waals surface area contributed by atoms with Gasteiger partial charge in [0.15, 0.2) is 15.6 Å². The molecule has 3 aromatic heterocycles. The average molecular weight is 1720 g/mol. The molecule has 32 nitrogen and oxygen atoms in total. The maximum atomic E-state index is 13.4. The summed E-state index contributed by atoms with van der Waals surface area (Å²) in [5, 5.41) is 20.6. The van der Waals surface area contributed by atoms with E-state index in [1.54, 1.807) is 112 Å². The largest absolute Gasteiger partial charge is 0.573 e. The molecule has 3 aliphatic heterocycles. The number of ether oxygens (including phenoxy) is 7. The van der Waals surface area contributed by atoms with Crippen LogP contribution in [0.25, 0.3) is 0 Å². The smallest absolute Gasteiger partial charge is 0.494 e. The predicted octanol–water partition coefficient (Wildman–Crippen LogP) is 16.2. The molecule has 38 heteroatoms. The van der Waals surface area contributed by atoms with Crippen LogP contribution in [0.3, 0.4) is 0 Å². The summed E-state index contributed by atoms with van der Waals surface area (Å²) in [7, 11) is 0.201. The van der Waals surface area contributed by atoms with E-state index in [0.29, 0.717) is 129 Å². The summed E-state index contributed by atoms with van der Waals surface area (Å²) in [4.78, 5) is 94.8. The number of nitrogens with zero attached hydrogens (tertiary/aromatic N) is 11. The fraction of sp³-hybridized carbons (Fsp3) is 0.289. The van der Waals surface area contributed by atoms with Crippen LogP contribution in [0, 0.1) is 6.92 Å². The molecule has 3 aliphatic rings. The number of rotatable bonds is 24. The fourth-order valence-electron chi connectivity index (χ4n) is 11.7. The van der Waals surface area contributed by atoms with E-state index in [1.165, 1.54) is 42.7 Å². The Morgan fingerprint density at radius 1 is 0.463 bits per heavy atom. The number of aryl methyl sites for hydroxylation is 1. The first-order valence-corrected chi connectivity index (χ1v) is 40.2. The number of piperazine rings is 2. The van der Waals surface area contributed by atoms with Crippen LogP contribution < -0.4 is 75.6 Å². The van der Waals surface area contributed by atoms with Crippen LogP contribution in [0.5, 0.6) is 40.5 Å². The van der Waals surface area contributed by atoms with Gasteiger partial charge in [0, 0.05) is 147 Å². The molecule has 0 bridgehead atoms. The van der Waals surface area contributed by atoms with Crippen LogP contribution in [-0.4, -0.2) is 187 Å². The highest BCUT2D eigenvalue weighted by Gasteiger charge is 2.34. The lowest BCUT2D eigenvalue weighted by molar-refractivity contribution is -0.274. The Bertz CT molecular complexity index is 5360. The van der Waals surface area contributed by atoms with E-state index in [0.717, 1.165) is 28.7 Å². The molecule has 0 unspecified atom stereocenters. The third-order valence-electron chi connectivity index (χ3n) is 17.6. The molecule has 0 atom stereocenters. The van der Waals surface area contributed by atoms with E-state index in [-0.39, 0.29) is 74.6 Å². The zero-order valence-corrected chi connectivity index (χ0v) is 70.0. The molecule has 3 saturated heterocycles. The van der Waals surface area contributed by atoms with Crippen molar-refractivity contribution in [3.05, 3.63) is 200 Å². The quantitative estimate of drug-likeness (QED) is 0.0276. The second kappa shape index (κ2) is 40.4. The third kappa shape index (κ3) is 27.1. The third-order valence-corrected chi connectivity index (χ3v) is 19.7. The standard InChI is InChI=1S/C29H30ClF3N6O5.C29H33ClN6O5.C25H28N6O4S/c1-5-24(40)35-18-7-6-8-20(15-18)42-25-21(30)17-34-26(37-25)36-22-10-9-19(16-23(22)43-29(31,32)33)38-11-13-39(14-12-38)27(41)44-28(2,3)4;1-6-25(37)32-19-8-7-9-21(16-19)40-26-22(30)18-31-27(34-26)33-23-11-10-20(17-24(23)39-5)35-12-14-36(15-13-35)28(38)41-29(2,3)4;1-4-23(32)27-18-6-5-7-19(14-18)28-24-17(2)16-26-25(30-24)29-21-9-8-20(15-22(21)35-3)31-10-12-36(33,34)13-11-31/h5-10,15-17H,1,11-14H2,2-4H3,(H,35,40)(H,34,36,37);6-11,16-18H,1,12-15H2,2-5H3,(H,32,37)(H,31,33,34);4-9,14-16H,1,10-13H2,2-3H3,(H,27,32)(H2,26,28,29,30). The number of sulfone groups is 1. The minimum atomic E-state index is -4.98. The summed E-state index contributed by atoms with van der Waals surface area (Å²) in [6.45, 7) is 27.8. The lowest BCUT2D eigenvalue weighted by atomic mass is 10.2. The van der Waals surface area contributed by atoms with Crippen molar-refractivity contribution < 1.29 is 78.7 Å². The van der Waals surface area contributed by atoms with Crippen LogP contribution >= 0.6 is 23.2 Å². The van der Waals surface area contributed by atoms with Gasteiger partial charge >= 0.3 is 18.5 Å². The number of amides is 5. The van der Waals surface area contributed by atoms with Gasteiger partial charge in [-0.3, -0.25) is 14.4 Å². The second-order valence-electron chi connectivity index (χ2n) is 28.9. The van der Waals surface area contributed by atoms with Gasteiger partial charge in [0.2, 0.25) is 47.3 Å². The lowest BCUT2D eigenvalue weighted by Gasteiger charge is -2.37. The number of carbonyl (C=O) groups is 5. The Morgan fingerprint density at radius 2 is 0.826 bits per heavy atom. The minimum Gasteiger partial charge on any atom is -0.494 e. The number of nitrogens with one attached hydrogen (secondary N) is 7. The molecule has 7 N–H and O–H groups in total. The maximum Gasteiger partial charge on any atom is 0.573 e. The molecule has 9 aromatic rings. The Labute approximate surface area is 707 Å². The van der Waals surface area contributed by atoms with Crippen molar-refractivity contribution in [2.45, 2.75) is 66.0 Å². The van der Waals surface area contributed by atoms with E-state index in [9.17, 15) is 45.6 Å². The Balaban J connectivity index is 0.000000191. The van der Waals surface area contributed by atoms with Gasteiger partial charge in [-0.1, -0.05) is 61.1 Å². The van der Waals surface area contributed by atoms with Crippen molar-refractivity contribution in [3.8, 4) is 40.5 Å². The van der Waals surface area contributed by atoms with Crippen LogP contribution in [0.2, 0.25) is 10.0 Å². The number of hydrogen-bond acceptors (Lipinski definition) is 27. The first kappa shape index (κ1) is 90.0. The van der Waals surface area contributed by atoms with Gasteiger partial charge in [0.1, 0.15) is 50.1 Å². The molecular weight excluding hydrogens is 1630 g/mol. The molecule has 121 heavy (non-hydrogen) atoms. The van der Waals surface area contributed by atoms with Gasteiger partial charge in [-0.25, -0.2) is 33.0 Å². The van der Waals surface area contributed by atoms with Gasteiger partial charge in [-0.2, -0.15) is 15.0 Å². The van der Waals surface area contributed by atoms with Crippen molar-refractivity contribution in [1.29, 1.82) is 0 Å². The van der Waals surface area contributed by atoms with Gasteiger partial charge < -0.3 is 94.9 Å². The first-order valence-electron chi connectivity index (χ1n) is 37.6. The Kier molecular flexibility index (Phi) is 30.0. The van der Waals surface area contributed by atoms with Gasteiger partial charge in [-0.15, -0.1) is 13.2 Å². The van der Waals surface area contributed by atoms with E-state index in [2.05, 4.69) is 96.5 Å². The summed E-state index contributed by atoms with van der Waals surface area (Å²) in [5.41, 5.74) is 5.57. The highest BCUT2D eigenvalue weighted by atomic mass is 35.5. The maximum absolute atomic E-state index is 13.4. The predicted molar refractivity (Wildman–Crippen MR) is 460 cm³/mol. The van der Waals surface area contributed by atoms with Crippen molar-refractivity contribution in [3.63, 3.8) is 0 Å². The fourth-order valence-corrected chi connectivity index (χ4v) is 13.2. The summed E-state index contributed by atoms with van der Waals surface area (Å²) < 4.78 is 102. The Hall–Kier alpha value is -13.4. The molecule has 0 radical (unpaired) electrons. The van der Waals surface area contributed by atoms with E-state index in [1.807, 2.05) is 86.0 Å². The number of methoxy groups -OCH3 is 2. The molecule has 12 rings (SSSR count). The molecule has 638 valence electrons. The number of aromatic nitrogens is 6. The summed E-state index contributed by atoms with van der Waals surface area (Å²) in [6, 6.07) is 36.1. The number of carbonyl (C=O) groups excluding carboxylic acids is 5. The molecule has 3 fully saturated rings. The first-order chi connectivity index (χ1) is 57.5. The molecule has 0 aliphatic carbocycles. The SMILES string of the molecule is C=CC(=O)Nc1cccc(Nc2nc(Nc3ccc(N4CCS(=O)(=O)CC4)cc3OC)ncc2C)c1.C=CC(=O)Nc1cccc(Oc2nc(Nc3ccc(N4CCN(C(=O)OC(C)(C)C)CC4)cc3OC(F)(F)F)ncc2Cl)c1.C=CC(=O)Nc1cccc(Oc2nc(Nc3ccc(N4CCN(C(=O)OC(C)(C)C)CC4)cc3OC)ncc2Cl)c1.